The average molecular weight is 382 g/mol. The number of ether oxygens (including phenoxy) is 1. The normalized spacial score (nSPS) is 15.8. The minimum absolute atomic E-state index is 0.275. The number of amides is 1. The Morgan fingerprint density at radius 2 is 2.11 bits per heavy atom. The largest absolute Gasteiger partial charge is 0.493 e. The summed E-state index contributed by atoms with van der Waals surface area (Å²) < 4.78 is 13.2. The van der Waals surface area contributed by atoms with E-state index in [4.69, 9.17) is 9.15 Å². The predicted molar refractivity (Wildman–Crippen MR) is 108 cm³/mol. The maximum atomic E-state index is 12.9. The smallest absolute Gasteiger partial charge is 0.292 e. The number of nitrogens with zero attached hydrogens (tertiary/aromatic N) is 3. The Morgan fingerprint density at radius 1 is 1.32 bits per heavy atom. The van der Waals surface area contributed by atoms with E-state index >= 15 is 0 Å². The molecule has 0 atom stereocenters. The van der Waals surface area contributed by atoms with Gasteiger partial charge < -0.3 is 19.4 Å². The summed E-state index contributed by atoms with van der Waals surface area (Å²) in [6, 6.07) is 7.78. The number of aromatic nitrogens is 2. The van der Waals surface area contributed by atoms with Crippen LogP contribution in [0.2, 0.25) is 0 Å². The van der Waals surface area contributed by atoms with Gasteiger partial charge in [0, 0.05) is 30.1 Å². The van der Waals surface area contributed by atoms with E-state index in [0.29, 0.717) is 29.0 Å². The number of para-hydroxylation sites is 1. The van der Waals surface area contributed by atoms with Crippen LogP contribution in [0.15, 0.2) is 34.9 Å². The lowest BCUT2D eigenvalue weighted by Gasteiger charge is -2.31. The van der Waals surface area contributed by atoms with Crippen molar-refractivity contribution in [2.24, 2.45) is 0 Å². The summed E-state index contributed by atoms with van der Waals surface area (Å²) in [6.45, 7) is 7.25. The molecule has 1 aliphatic heterocycles. The minimum Gasteiger partial charge on any atom is -0.493 e. The molecule has 3 heterocycles. The maximum Gasteiger partial charge on any atom is 0.292 e. The quantitative estimate of drug-likeness (QED) is 0.725. The van der Waals surface area contributed by atoms with E-state index in [1.54, 1.807) is 13.3 Å². The second-order valence-corrected chi connectivity index (χ2v) is 7.17. The molecule has 7 heteroatoms. The van der Waals surface area contributed by atoms with Gasteiger partial charge in [0.25, 0.3) is 5.91 Å². The van der Waals surface area contributed by atoms with E-state index in [9.17, 15) is 4.79 Å². The Hall–Kier alpha value is -2.80. The Labute approximate surface area is 164 Å². The lowest BCUT2D eigenvalue weighted by molar-refractivity contribution is 0.0996. The number of rotatable bonds is 5. The summed E-state index contributed by atoms with van der Waals surface area (Å²) in [5.41, 5.74) is 1.39. The molecule has 1 saturated heterocycles. The number of carbonyl (C=O) groups excluding carboxylic acids is 1. The van der Waals surface area contributed by atoms with Gasteiger partial charge in [-0.2, -0.15) is 5.10 Å². The second-order valence-electron chi connectivity index (χ2n) is 7.17. The summed E-state index contributed by atoms with van der Waals surface area (Å²) in [5, 5.41) is 8.32. The molecule has 0 bridgehead atoms. The molecule has 1 amide bonds. The van der Waals surface area contributed by atoms with Crippen molar-refractivity contribution in [3.05, 3.63) is 41.8 Å². The molecule has 148 valence electrons. The van der Waals surface area contributed by atoms with Crippen LogP contribution in [-0.4, -0.2) is 47.3 Å². The number of hydrogen-bond donors (Lipinski definition) is 1. The van der Waals surface area contributed by atoms with Gasteiger partial charge in [0.05, 0.1) is 19.3 Å². The number of hydrogen-bond acceptors (Lipinski definition) is 5. The van der Waals surface area contributed by atoms with Crippen LogP contribution in [0.3, 0.4) is 0 Å². The molecule has 0 saturated carbocycles. The zero-order chi connectivity index (χ0) is 19.7. The molecule has 1 N–H and O–H groups in total. The first-order chi connectivity index (χ1) is 13.6. The number of carbonyl (C=O) groups is 1. The number of piperidine rings is 1. The SMILES string of the molecule is CCN1CCC(n2nccc2NC(=O)c2oc3c(OC)cccc3c2C)CC1. The highest BCUT2D eigenvalue weighted by atomic mass is 16.5. The highest BCUT2D eigenvalue weighted by Gasteiger charge is 2.24. The van der Waals surface area contributed by atoms with Gasteiger partial charge in [-0.15, -0.1) is 0 Å². The van der Waals surface area contributed by atoms with Crippen molar-refractivity contribution >= 4 is 22.7 Å². The van der Waals surface area contributed by atoms with Crippen molar-refractivity contribution in [1.82, 2.24) is 14.7 Å². The van der Waals surface area contributed by atoms with Gasteiger partial charge in [-0.1, -0.05) is 19.1 Å². The fourth-order valence-electron chi connectivity index (χ4n) is 3.95. The number of methoxy groups -OCH3 is 1. The molecule has 2 aromatic heterocycles. The molecule has 7 nitrogen and oxygen atoms in total. The third-order valence-electron chi connectivity index (χ3n) is 5.62. The molecule has 0 unspecified atom stereocenters. The average Bonchev–Trinajstić information content (AvgIpc) is 3.32. The Morgan fingerprint density at radius 3 is 2.82 bits per heavy atom. The van der Waals surface area contributed by atoms with Crippen molar-refractivity contribution < 1.29 is 13.9 Å². The molecular weight excluding hydrogens is 356 g/mol. The maximum absolute atomic E-state index is 12.9. The van der Waals surface area contributed by atoms with Gasteiger partial charge in [-0.05, 0) is 32.4 Å². The van der Waals surface area contributed by atoms with E-state index in [0.717, 1.165) is 43.4 Å². The lowest BCUT2D eigenvalue weighted by atomic mass is 10.1. The van der Waals surface area contributed by atoms with Crippen LogP contribution in [0, 0.1) is 6.92 Å². The Kier molecular flexibility index (Phi) is 5.09. The molecule has 3 aromatic rings. The first kappa shape index (κ1) is 18.6. The summed E-state index contributed by atoms with van der Waals surface area (Å²) >= 11 is 0. The minimum atomic E-state index is -0.275. The van der Waals surface area contributed by atoms with Crippen LogP contribution >= 0.6 is 0 Å². The molecule has 4 rings (SSSR count). The number of anilines is 1. The van der Waals surface area contributed by atoms with Gasteiger partial charge in [-0.25, -0.2) is 4.68 Å². The monoisotopic (exact) mass is 382 g/mol. The number of furan rings is 1. The van der Waals surface area contributed by atoms with Crippen LogP contribution in [0.4, 0.5) is 5.82 Å². The lowest BCUT2D eigenvalue weighted by Crippen LogP contribution is -2.35. The van der Waals surface area contributed by atoms with E-state index in [2.05, 4.69) is 22.2 Å². The van der Waals surface area contributed by atoms with Crippen LogP contribution in [0.25, 0.3) is 11.0 Å². The molecule has 0 radical (unpaired) electrons. The standard InChI is InChI=1S/C21H26N4O3/c1-4-24-12-9-15(10-13-24)25-18(8-11-22-25)23-21(26)19-14(2)16-6-5-7-17(27-3)20(16)28-19/h5-8,11,15H,4,9-10,12-13H2,1-3H3,(H,23,26). The summed E-state index contributed by atoms with van der Waals surface area (Å²) in [5.74, 6) is 1.34. The van der Waals surface area contributed by atoms with Crippen molar-refractivity contribution in [1.29, 1.82) is 0 Å². The third-order valence-corrected chi connectivity index (χ3v) is 5.62. The summed E-state index contributed by atoms with van der Waals surface area (Å²) in [7, 11) is 1.59. The van der Waals surface area contributed by atoms with Crippen molar-refractivity contribution in [2.45, 2.75) is 32.7 Å². The van der Waals surface area contributed by atoms with Gasteiger partial charge >= 0.3 is 0 Å². The van der Waals surface area contributed by atoms with Crippen LogP contribution < -0.4 is 10.1 Å². The molecule has 1 aliphatic rings. The van der Waals surface area contributed by atoms with E-state index < -0.39 is 0 Å². The van der Waals surface area contributed by atoms with Crippen LogP contribution in [-0.2, 0) is 0 Å². The highest BCUT2D eigenvalue weighted by molar-refractivity contribution is 6.06. The fraction of sp³-hybridized carbons (Fsp3) is 0.429. The van der Waals surface area contributed by atoms with Gasteiger partial charge in [-0.3, -0.25) is 4.79 Å². The van der Waals surface area contributed by atoms with Crippen LogP contribution in [0.5, 0.6) is 5.75 Å². The second kappa shape index (κ2) is 7.67. The highest BCUT2D eigenvalue weighted by Crippen LogP contribution is 2.33. The summed E-state index contributed by atoms with van der Waals surface area (Å²) in [6.07, 6.45) is 3.79. The number of aryl methyl sites for hydroxylation is 1. The zero-order valence-electron chi connectivity index (χ0n) is 16.6. The number of benzene rings is 1. The van der Waals surface area contributed by atoms with Crippen molar-refractivity contribution in [3.8, 4) is 5.75 Å². The number of likely N-dealkylation sites (tertiary alicyclic amines) is 1. The van der Waals surface area contributed by atoms with Crippen LogP contribution in [0.1, 0.15) is 41.9 Å². The predicted octanol–water partition coefficient (Wildman–Crippen LogP) is 3.86. The first-order valence-corrected chi connectivity index (χ1v) is 9.75. The molecule has 0 aliphatic carbocycles. The van der Waals surface area contributed by atoms with E-state index in [1.165, 1.54) is 0 Å². The van der Waals surface area contributed by atoms with E-state index in [1.807, 2.05) is 35.9 Å². The fourth-order valence-corrected chi connectivity index (χ4v) is 3.95. The summed E-state index contributed by atoms with van der Waals surface area (Å²) in [4.78, 5) is 15.4. The number of fused-ring (bicyclic) bond motifs is 1. The van der Waals surface area contributed by atoms with Crippen molar-refractivity contribution in [2.75, 3.05) is 32.1 Å². The molecule has 0 spiro atoms. The first-order valence-electron chi connectivity index (χ1n) is 9.75. The Balaban J connectivity index is 1.56. The Bertz CT molecular complexity index is 983. The third kappa shape index (κ3) is 3.26. The van der Waals surface area contributed by atoms with Gasteiger partial charge in [0.1, 0.15) is 5.82 Å². The molecular formula is C21H26N4O3. The van der Waals surface area contributed by atoms with Gasteiger partial charge in [0.15, 0.2) is 17.1 Å². The molecule has 1 aromatic carbocycles. The number of nitrogens with one attached hydrogen (secondary N) is 1. The van der Waals surface area contributed by atoms with Crippen molar-refractivity contribution in [3.63, 3.8) is 0 Å². The topological polar surface area (TPSA) is 72.5 Å². The van der Waals surface area contributed by atoms with Gasteiger partial charge in [0.2, 0.25) is 0 Å². The molecule has 28 heavy (non-hydrogen) atoms. The molecule has 1 fully saturated rings. The zero-order valence-corrected chi connectivity index (χ0v) is 16.6. The van der Waals surface area contributed by atoms with E-state index in [-0.39, 0.29) is 5.91 Å².